The maximum absolute atomic E-state index is 9.87. The van der Waals surface area contributed by atoms with Gasteiger partial charge in [-0.25, -0.2) is 0 Å². The van der Waals surface area contributed by atoms with Gasteiger partial charge in [0, 0.05) is 11.5 Å². The Hall–Kier alpha value is -1.86. The van der Waals surface area contributed by atoms with Crippen molar-refractivity contribution in [1.29, 1.82) is 0 Å². The van der Waals surface area contributed by atoms with Crippen molar-refractivity contribution in [3.05, 3.63) is 33.3 Å². The average Bonchev–Trinajstić information content (AvgIpc) is 2.82. The summed E-state index contributed by atoms with van der Waals surface area (Å²) in [7, 11) is 1.46. The summed E-state index contributed by atoms with van der Waals surface area (Å²) in [6, 6.07) is 3.31. The third-order valence-electron chi connectivity index (χ3n) is 2.83. The van der Waals surface area contributed by atoms with Gasteiger partial charge in [-0.3, -0.25) is 5.10 Å². The minimum Gasteiger partial charge on any atom is -0.503 e. The summed E-state index contributed by atoms with van der Waals surface area (Å²) in [4.78, 5) is 0. The average molecular weight is 327 g/mol. The van der Waals surface area contributed by atoms with Gasteiger partial charge in [-0.15, -0.1) is 0 Å². The molecule has 0 unspecified atom stereocenters. The lowest BCUT2D eigenvalue weighted by molar-refractivity contribution is 0.373. The Morgan fingerprint density at radius 2 is 2.24 bits per heavy atom. The van der Waals surface area contributed by atoms with Crippen molar-refractivity contribution in [2.75, 3.05) is 7.11 Å². The zero-order valence-corrected chi connectivity index (χ0v) is 13.4. The van der Waals surface area contributed by atoms with Crippen LogP contribution in [0, 0.1) is 4.77 Å². The number of aromatic amines is 1. The van der Waals surface area contributed by atoms with Crippen molar-refractivity contribution >= 4 is 30.0 Å². The fourth-order valence-corrected chi connectivity index (χ4v) is 2.13. The molecule has 112 valence electrons. The highest BCUT2D eigenvalue weighted by Gasteiger charge is 2.11. The summed E-state index contributed by atoms with van der Waals surface area (Å²) < 4.78 is 6.90. The number of benzene rings is 1. The highest BCUT2D eigenvalue weighted by molar-refractivity contribution is 7.71. The molecule has 0 spiro atoms. The van der Waals surface area contributed by atoms with Gasteiger partial charge in [-0.05, 0) is 24.4 Å². The van der Waals surface area contributed by atoms with Crippen LogP contribution in [-0.2, 0) is 0 Å². The number of nitrogens with zero attached hydrogens (tertiary/aromatic N) is 3. The number of halogens is 1. The SMILES string of the molecule is COc1ccc(/C=N\n2c(C(C)C)n[nH]c2=S)c(Cl)c1O. The molecule has 2 rings (SSSR count). The molecule has 6 nitrogen and oxygen atoms in total. The molecule has 21 heavy (non-hydrogen) atoms. The smallest absolute Gasteiger partial charge is 0.216 e. The number of phenols is 1. The molecule has 0 fully saturated rings. The molecule has 0 radical (unpaired) electrons. The second kappa shape index (κ2) is 6.28. The molecule has 1 aromatic heterocycles. The molecule has 1 heterocycles. The first-order valence-electron chi connectivity index (χ1n) is 6.22. The van der Waals surface area contributed by atoms with Gasteiger partial charge in [-0.1, -0.05) is 25.4 Å². The summed E-state index contributed by atoms with van der Waals surface area (Å²) >= 11 is 11.2. The summed E-state index contributed by atoms with van der Waals surface area (Å²) in [6.45, 7) is 3.98. The highest BCUT2D eigenvalue weighted by Crippen LogP contribution is 2.35. The van der Waals surface area contributed by atoms with E-state index in [4.69, 9.17) is 28.6 Å². The lowest BCUT2D eigenvalue weighted by atomic mass is 10.2. The number of nitrogens with one attached hydrogen (secondary N) is 1. The lowest BCUT2D eigenvalue weighted by Crippen LogP contribution is -2.01. The summed E-state index contributed by atoms with van der Waals surface area (Å²) in [6.07, 6.45) is 1.51. The minimum atomic E-state index is -0.122. The van der Waals surface area contributed by atoms with E-state index in [0.717, 1.165) is 0 Å². The number of H-pyrrole nitrogens is 1. The normalized spacial score (nSPS) is 11.5. The van der Waals surface area contributed by atoms with Crippen LogP contribution in [0.5, 0.6) is 11.5 Å². The van der Waals surface area contributed by atoms with Crippen LogP contribution in [0.1, 0.15) is 31.2 Å². The second-order valence-corrected chi connectivity index (χ2v) is 5.38. The molecule has 0 saturated heterocycles. The van der Waals surface area contributed by atoms with Crippen LogP contribution in [0.25, 0.3) is 0 Å². The molecule has 0 bridgehead atoms. The predicted octanol–water partition coefficient (Wildman–Crippen LogP) is 3.31. The number of methoxy groups -OCH3 is 1. The van der Waals surface area contributed by atoms with Gasteiger partial charge in [0.2, 0.25) is 4.77 Å². The van der Waals surface area contributed by atoms with Gasteiger partial charge in [0.25, 0.3) is 0 Å². The van der Waals surface area contributed by atoms with E-state index in [9.17, 15) is 5.11 Å². The largest absolute Gasteiger partial charge is 0.503 e. The Kier molecular flexibility index (Phi) is 4.64. The molecular formula is C13H15ClN4O2S. The van der Waals surface area contributed by atoms with E-state index >= 15 is 0 Å². The third-order valence-corrected chi connectivity index (χ3v) is 3.49. The van der Waals surface area contributed by atoms with Crippen LogP contribution >= 0.6 is 23.8 Å². The zero-order chi connectivity index (χ0) is 15.6. The zero-order valence-electron chi connectivity index (χ0n) is 11.8. The molecular weight excluding hydrogens is 312 g/mol. The Morgan fingerprint density at radius 3 is 2.86 bits per heavy atom. The Labute approximate surface area is 132 Å². The van der Waals surface area contributed by atoms with E-state index < -0.39 is 0 Å². The van der Waals surface area contributed by atoms with Gasteiger partial charge < -0.3 is 9.84 Å². The van der Waals surface area contributed by atoms with Crippen molar-refractivity contribution in [3.8, 4) is 11.5 Å². The van der Waals surface area contributed by atoms with Crippen molar-refractivity contribution in [2.24, 2.45) is 5.10 Å². The molecule has 0 saturated carbocycles. The van der Waals surface area contributed by atoms with Gasteiger partial charge in [-0.2, -0.15) is 14.9 Å². The van der Waals surface area contributed by atoms with Gasteiger partial charge in [0.1, 0.15) is 0 Å². The van der Waals surface area contributed by atoms with E-state index in [1.54, 1.807) is 12.1 Å². The molecule has 8 heteroatoms. The molecule has 1 aromatic carbocycles. The van der Waals surface area contributed by atoms with Gasteiger partial charge in [0.05, 0.1) is 18.3 Å². The molecule has 2 aromatic rings. The Balaban J connectivity index is 2.41. The van der Waals surface area contributed by atoms with Crippen molar-refractivity contribution in [2.45, 2.75) is 19.8 Å². The van der Waals surface area contributed by atoms with Crippen molar-refractivity contribution < 1.29 is 9.84 Å². The van der Waals surface area contributed by atoms with E-state index in [1.807, 2.05) is 13.8 Å². The van der Waals surface area contributed by atoms with Crippen LogP contribution in [0.3, 0.4) is 0 Å². The van der Waals surface area contributed by atoms with E-state index in [2.05, 4.69) is 15.3 Å². The lowest BCUT2D eigenvalue weighted by Gasteiger charge is -2.07. The standard InChI is InChI=1S/C13H15ClN4O2S/c1-7(2)12-16-17-13(21)18(12)15-6-8-4-5-9(20-3)11(19)10(8)14/h4-7,19H,1-3H3,(H,17,21)/b15-6-. The molecule has 0 aliphatic rings. The van der Waals surface area contributed by atoms with Crippen LogP contribution in [0.15, 0.2) is 17.2 Å². The molecule has 0 aliphatic carbocycles. The number of phenolic OH excluding ortho intramolecular Hbond substituents is 1. The van der Waals surface area contributed by atoms with Crippen LogP contribution in [-0.4, -0.2) is 33.3 Å². The van der Waals surface area contributed by atoms with Crippen molar-refractivity contribution in [3.63, 3.8) is 0 Å². The third kappa shape index (κ3) is 3.08. The molecule has 0 aliphatic heterocycles. The predicted molar refractivity (Wildman–Crippen MR) is 84.2 cm³/mol. The molecule has 0 amide bonds. The topological polar surface area (TPSA) is 75.4 Å². The maximum atomic E-state index is 9.87. The number of rotatable bonds is 4. The van der Waals surface area contributed by atoms with Crippen LogP contribution < -0.4 is 4.74 Å². The number of hydrogen-bond acceptors (Lipinski definition) is 5. The number of aromatic hydroxyl groups is 1. The minimum absolute atomic E-state index is 0.122. The van der Waals surface area contributed by atoms with E-state index in [1.165, 1.54) is 18.0 Å². The highest BCUT2D eigenvalue weighted by atomic mass is 35.5. The first kappa shape index (κ1) is 15.5. The Bertz CT molecular complexity index is 736. The molecule has 2 N–H and O–H groups in total. The quantitative estimate of drug-likeness (QED) is 0.667. The molecule has 0 atom stereocenters. The number of hydrogen-bond donors (Lipinski definition) is 2. The second-order valence-electron chi connectivity index (χ2n) is 4.62. The maximum Gasteiger partial charge on any atom is 0.216 e. The summed E-state index contributed by atoms with van der Waals surface area (Å²) in [5, 5.41) is 21.1. The van der Waals surface area contributed by atoms with Crippen LogP contribution in [0.4, 0.5) is 0 Å². The number of ether oxygens (including phenoxy) is 1. The monoisotopic (exact) mass is 326 g/mol. The number of aromatic nitrogens is 3. The fourth-order valence-electron chi connectivity index (χ4n) is 1.74. The van der Waals surface area contributed by atoms with Crippen LogP contribution in [0.2, 0.25) is 5.02 Å². The van der Waals surface area contributed by atoms with E-state index in [-0.39, 0.29) is 16.7 Å². The summed E-state index contributed by atoms with van der Waals surface area (Å²) in [5.74, 6) is 1.06. The fraction of sp³-hybridized carbons (Fsp3) is 0.308. The first-order chi connectivity index (χ1) is 9.95. The van der Waals surface area contributed by atoms with Crippen molar-refractivity contribution in [1.82, 2.24) is 14.9 Å². The first-order valence-corrected chi connectivity index (χ1v) is 7.01. The summed E-state index contributed by atoms with van der Waals surface area (Å²) in [5.41, 5.74) is 0.549. The van der Waals surface area contributed by atoms with E-state index in [0.29, 0.717) is 21.9 Å². The van der Waals surface area contributed by atoms with Gasteiger partial charge >= 0.3 is 0 Å². The van der Waals surface area contributed by atoms with Gasteiger partial charge in [0.15, 0.2) is 17.3 Å². The Morgan fingerprint density at radius 1 is 1.52 bits per heavy atom.